The van der Waals surface area contributed by atoms with E-state index in [1.165, 1.54) is 0 Å². The highest BCUT2D eigenvalue weighted by molar-refractivity contribution is 5.91. The molecule has 0 saturated carbocycles. The normalized spacial score (nSPS) is 11.3. The molecule has 0 spiro atoms. The summed E-state index contributed by atoms with van der Waals surface area (Å²) in [6.45, 7) is 5.43. The van der Waals surface area contributed by atoms with Crippen LogP contribution >= 0.6 is 0 Å². The van der Waals surface area contributed by atoms with Crippen LogP contribution in [0.1, 0.15) is 59.3 Å². The quantitative estimate of drug-likeness (QED) is 0.259. The maximum Gasteiger partial charge on any atom is 0.317 e. The molecule has 1 atom stereocenters. The predicted octanol–water partition coefficient (Wildman–Crippen LogP) is 2.18. The van der Waals surface area contributed by atoms with Gasteiger partial charge in [-0.25, -0.2) is 0 Å². The van der Waals surface area contributed by atoms with E-state index in [9.17, 15) is 19.2 Å². The highest BCUT2D eigenvalue weighted by Gasteiger charge is 2.19. The summed E-state index contributed by atoms with van der Waals surface area (Å²) in [5, 5.41) is 0. The Balaban J connectivity index is 4.41. The van der Waals surface area contributed by atoms with Gasteiger partial charge in [0, 0.05) is 12.8 Å². The van der Waals surface area contributed by atoms with Gasteiger partial charge in [-0.2, -0.15) is 0 Å². The van der Waals surface area contributed by atoms with Crippen molar-refractivity contribution in [3.8, 4) is 0 Å². The number of hydrogen-bond donors (Lipinski definition) is 0. The second-order valence-electron chi connectivity index (χ2n) is 5.75. The fourth-order valence-electron chi connectivity index (χ4n) is 1.83. The van der Waals surface area contributed by atoms with Crippen LogP contribution < -0.4 is 0 Å². The van der Waals surface area contributed by atoms with Crippen LogP contribution in [0, 0.1) is 5.92 Å². The molecule has 0 rings (SSSR count). The lowest BCUT2D eigenvalue weighted by molar-refractivity contribution is -0.157. The van der Waals surface area contributed by atoms with Crippen molar-refractivity contribution in [1.29, 1.82) is 0 Å². The summed E-state index contributed by atoms with van der Waals surface area (Å²) in [5.74, 6) is -2.63. The Morgan fingerprint density at radius 3 is 1.65 bits per heavy atom. The van der Waals surface area contributed by atoms with Crippen LogP contribution in [0.25, 0.3) is 0 Å². The van der Waals surface area contributed by atoms with E-state index in [1.54, 1.807) is 6.92 Å². The summed E-state index contributed by atoms with van der Waals surface area (Å²) in [5.41, 5.74) is 0. The maximum atomic E-state index is 11.6. The third-order valence-corrected chi connectivity index (χ3v) is 3.22. The van der Waals surface area contributed by atoms with E-state index in [2.05, 4.69) is 4.74 Å². The number of esters is 4. The Kier molecular flexibility index (Phi) is 13.9. The second kappa shape index (κ2) is 15.2. The Hall–Kier alpha value is -2.12. The molecule has 8 nitrogen and oxygen atoms in total. The fraction of sp³-hybridized carbons (Fsp3) is 0.778. The molecule has 8 heteroatoms. The first-order valence-corrected chi connectivity index (χ1v) is 9.05. The molecule has 0 heterocycles. The van der Waals surface area contributed by atoms with E-state index in [1.807, 2.05) is 13.8 Å². The molecular formula is C18H30O8. The number of unbranched alkanes of at least 4 members (excludes halogenated alkanes) is 1. The fourth-order valence-corrected chi connectivity index (χ4v) is 1.83. The van der Waals surface area contributed by atoms with Gasteiger partial charge in [-0.15, -0.1) is 0 Å². The summed E-state index contributed by atoms with van der Waals surface area (Å²) >= 11 is 0. The van der Waals surface area contributed by atoms with Crippen LogP contribution in [0.3, 0.4) is 0 Å². The first kappa shape index (κ1) is 23.9. The Bertz CT molecular complexity index is 446. The minimum atomic E-state index is -0.745. The minimum absolute atomic E-state index is 0.0331. The molecule has 0 aromatic heterocycles. The third-order valence-electron chi connectivity index (χ3n) is 3.22. The topological polar surface area (TPSA) is 105 Å². The van der Waals surface area contributed by atoms with Crippen molar-refractivity contribution >= 4 is 23.9 Å². The molecule has 0 saturated heterocycles. The van der Waals surface area contributed by atoms with Crippen LogP contribution in [0.4, 0.5) is 0 Å². The Morgan fingerprint density at radius 2 is 1.15 bits per heavy atom. The minimum Gasteiger partial charge on any atom is -0.466 e. The van der Waals surface area contributed by atoms with E-state index < -0.39 is 24.3 Å². The molecule has 0 aliphatic carbocycles. The molecule has 0 bridgehead atoms. The van der Waals surface area contributed by atoms with Crippen LogP contribution in [0.5, 0.6) is 0 Å². The van der Waals surface area contributed by atoms with E-state index in [0.29, 0.717) is 12.8 Å². The first-order chi connectivity index (χ1) is 12.4. The van der Waals surface area contributed by atoms with Crippen molar-refractivity contribution in [1.82, 2.24) is 0 Å². The lowest BCUT2D eigenvalue weighted by Gasteiger charge is -2.17. The van der Waals surface area contributed by atoms with Crippen molar-refractivity contribution in [2.24, 2.45) is 5.92 Å². The van der Waals surface area contributed by atoms with Crippen molar-refractivity contribution in [3.63, 3.8) is 0 Å². The number of rotatable bonds is 14. The van der Waals surface area contributed by atoms with Crippen molar-refractivity contribution in [2.75, 3.05) is 26.4 Å². The van der Waals surface area contributed by atoms with Gasteiger partial charge in [0.2, 0.25) is 0 Å². The van der Waals surface area contributed by atoms with Crippen molar-refractivity contribution in [2.45, 2.75) is 59.3 Å². The van der Waals surface area contributed by atoms with Gasteiger partial charge < -0.3 is 18.9 Å². The summed E-state index contributed by atoms with van der Waals surface area (Å²) in [7, 11) is 0. The molecule has 0 aromatic rings. The van der Waals surface area contributed by atoms with E-state index in [4.69, 9.17) is 14.2 Å². The summed E-state index contributed by atoms with van der Waals surface area (Å²) < 4.78 is 19.9. The molecule has 0 aromatic carbocycles. The summed E-state index contributed by atoms with van der Waals surface area (Å²) in [6.07, 6.45) is 2.35. The molecule has 26 heavy (non-hydrogen) atoms. The van der Waals surface area contributed by atoms with Gasteiger partial charge in [-0.3, -0.25) is 19.2 Å². The monoisotopic (exact) mass is 374 g/mol. The lowest BCUT2D eigenvalue weighted by Crippen LogP contribution is -2.27. The average molecular weight is 374 g/mol. The highest BCUT2D eigenvalue weighted by Crippen LogP contribution is 2.06. The van der Waals surface area contributed by atoms with Crippen LogP contribution in [0.15, 0.2) is 0 Å². The number of carbonyl (C=O) groups is 4. The second-order valence-corrected chi connectivity index (χ2v) is 5.75. The van der Waals surface area contributed by atoms with Crippen LogP contribution in [0.2, 0.25) is 0 Å². The largest absolute Gasteiger partial charge is 0.466 e. The van der Waals surface area contributed by atoms with Gasteiger partial charge in [-0.05, 0) is 19.8 Å². The zero-order valence-corrected chi connectivity index (χ0v) is 15.9. The zero-order chi connectivity index (χ0) is 19.8. The van der Waals surface area contributed by atoms with Crippen LogP contribution in [-0.2, 0) is 38.1 Å². The Morgan fingerprint density at radius 1 is 0.654 bits per heavy atom. The molecule has 0 N–H and O–H groups in total. The van der Waals surface area contributed by atoms with Gasteiger partial charge in [0.25, 0.3) is 0 Å². The number of hydrogen-bond acceptors (Lipinski definition) is 8. The molecule has 1 unspecified atom stereocenters. The van der Waals surface area contributed by atoms with E-state index >= 15 is 0 Å². The van der Waals surface area contributed by atoms with E-state index in [0.717, 1.165) is 12.8 Å². The van der Waals surface area contributed by atoms with Gasteiger partial charge in [0.15, 0.2) is 0 Å². The molecule has 150 valence electrons. The maximum absolute atomic E-state index is 11.6. The molecule has 0 amide bonds. The smallest absolute Gasteiger partial charge is 0.317 e. The third kappa shape index (κ3) is 13.2. The van der Waals surface area contributed by atoms with Gasteiger partial charge in [-0.1, -0.05) is 20.3 Å². The summed E-state index contributed by atoms with van der Waals surface area (Å²) in [4.78, 5) is 45.9. The van der Waals surface area contributed by atoms with Crippen molar-refractivity contribution in [3.05, 3.63) is 0 Å². The molecule has 0 fully saturated rings. The molecular weight excluding hydrogens is 344 g/mol. The molecule has 0 radical (unpaired) electrons. The molecule has 0 aliphatic rings. The summed E-state index contributed by atoms with van der Waals surface area (Å²) in [6, 6.07) is 0. The first-order valence-electron chi connectivity index (χ1n) is 9.05. The standard InChI is InChI=1S/C18H30O8/c1-4-7-9-16(20)25-12-14(11-24-15(19)8-5-2)13-26-18(22)10-17(21)23-6-3/h14H,4-13H2,1-3H3. The number of ether oxygens (including phenoxy) is 4. The Labute approximate surface area is 154 Å². The van der Waals surface area contributed by atoms with Crippen molar-refractivity contribution < 1.29 is 38.1 Å². The average Bonchev–Trinajstić information content (AvgIpc) is 2.59. The predicted molar refractivity (Wildman–Crippen MR) is 92.1 cm³/mol. The lowest BCUT2D eigenvalue weighted by atomic mass is 10.2. The highest BCUT2D eigenvalue weighted by atomic mass is 16.6. The zero-order valence-electron chi connectivity index (χ0n) is 15.9. The van der Waals surface area contributed by atoms with Gasteiger partial charge in [0.05, 0.1) is 12.5 Å². The molecule has 0 aliphatic heterocycles. The SMILES string of the molecule is CCCCC(=O)OCC(COC(=O)CCC)COC(=O)CC(=O)OCC. The van der Waals surface area contributed by atoms with Crippen LogP contribution in [-0.4, -0.2) is 50.3 Å². The van der Waals surface area contributed by atoms with E-state index in [-0.39, 0.29) is 44.8 Å². The van der Waals surface area contributed by atoms with Gasteiger partial charge >= 0.3 is 23.9 Å². The number of carbonyl (C=O) groups excluding carboxylic acids is 4. The van der Waals surface area contributed by atoms with Gasteiger partial charge in [0.1, 0.15) is 26.2 Å².